The van der Waals surface area contributed by atoms with E-state index in [0.717, 1.165) is 34.9 Å². The van der Waals surface area contributed by atoms with Crippen molar-refractivity contribution < 1.29 is 13.6 Å². The van der Waals surface area contributed by atoms with E-state index in [-0.39, 0.29) is 23.5 Å². The fraction of sp³-hybridized carbons (Fsp3) is 0.440. The van der Waals surface area contributed by atoms with Crippen molar-refractivity contribution in [2.24, 2.45) is 11.0 Å². The van der Waals surface area contributed by atoms with Gasteiger partial charge in [0.05, 0.1) is 22.4 Å². The first-order valence-corrected chi connectivity index (χ1v) is 13.7. The maximum absolute atomic E-state index is 13.5. The smallest absolute Gasteiger partial charge is 0.277 e. The van der Waals surface area contributed by atoms with Crippen LogP contribution in [0, 0.1) is 11.7 Å². The van der Waals surface area contributed by atoms with E-state index in [1.54, 1.807) is 23.5 Å². The second-order valence-corrected chi connectivity index (χ2v) is 10.7. The van der Waals surface area contributed by atoms with E-state index in [1.165, 1.54) is 61.0 Å². The number of amides is 1. The summed E-state index contributed by atoms with van der Waals surface area (Å²) in [5.41, 5.74) is 1.73. The van der Waals surface area contributed by atoms with Gasteiger partial charge in [-0.15, -0.1) is 21.5 Å². The van der Waals surface area contributed by atoms with Gasteiger partial charge in [0.2, 0.25) is 5.89 Å². The zero-order valence-corrected chi connectivity index (χ0v) is 20.5. The number of aryl methyl sites for hydroxylation is 1. The number of rotatable bonds is 8. The molecule has 1 saturated carbocycles. The number of nitrogens with zero attached hydrogens (tertiary/aromatic N) is 4. The molecule has 0 spiro atoms. The molecule has 1 fully saturated rings. The van der Waals surface area contributed by atoms with E-state index in [1.807, 2.05) is 17.5 Å². The highest BCUT2D eigenvalue weighted by Crippen LogP contribution is 2.35. The predicted octanol–water partition coefficient (Wildman–Crippen LogP) is 6.25. The van der Waals surface area contributed by atoms with E-state index in [4.69, 9.17) is 4.42 Å². The van der Waals surface area contributed by atoms with Crippen LogP contribution in [0.15, 0.2) is 56.5 Å². The van der Waals surface area contributed by atoms with Crippen molar-refractivity contribution in [3.63, 3.8) is 0 Å². The molecule has 2 aromatic heterocycles. The Labute approximate surface area is 206 Å². The molecule has 2 aliphatic rings. The lowest BCUT2D eigenvalue weighted by molar-refractivity contribution is -0.130. The number of halogens is 1. The van der Waals surface area contributed by atoms with Crippen molar-refractivity contribution in [3.8, 4) is 0 Å². The average Bonchev–Trinajstić information content (AvgIpc) is 3.63. The van der Waals surface area contributed by atoms with Crippen LogP contribution in [0.25, 0.3) is 0 Å². The van der Waals surface area contributed by atoms with Crippen LogP contribution in [0.3, 0.4) is 0 Å². The molecule has 3 heterocycles. The number of hydrogen-bond donors (Lipinski definition) is 0. The molecule has 0 radical (unpaired) electrons. The van der Waals surface area contributed by atoms with E-state index >= 15 is 0 Å². The van der Waals surface area contributed by atoms with Crippen LogP contribution in [0.4, 0.5) is 4.39 Å². The average molecular weight is 499 g/mol. The number of carbonyl (C=O) groups is 1. The highest BCUT2D eigenvalue weighted by Gasteiger charge is 2.33. The minimum Gasteiger partial charge on any atom is -0.416 e. The molecule has 1 aromatic carbocycles. The van der Waals surface area contributed by atoms with E-state index in [2.05, 4.69) is 15.3 Å². The second-order valence-electron chi connectivity index (χ2n) is 8.83. The first-order valence-electron chi connectivity index (χ1n) is 11.8. The summed E-state index contributed by atoms with van der Waals surface area (Å²) in [5, 5.41) is 16.9. The Balaban J connectivity index is 1.22. The van der Waals surface area contributed by atoms with Crippen molar-refractivity contribution in [1.29, 1.82) is 0 Å². The second kappa shape index (κ2) is 10.8. The lowest BCUT2D eigenvalue weighted by Crippen LogP contribution is -2.28. The lowest BCUT2D eigenvalue weighted by Gasteiger charge is -2.21. The lowest BCUT2D eigenvalue weighted by atomic mass is 9.86. The Morgan fingerprint density at radius 1 is 1.15 bits per heavy atom. The summed E-state index contributed by atoms with van der Waals surface area (Å²) < 4.78 is 19.3. The Bertz CT molecular complexity index is 1120. The molecule has 3 aromatic rings. The largest absolute Gasteiger partial charge is 0.416 e. The molecule has 6 nitrogen and oxygen atoms in total. The van der Waals surface area contributed by atoms with Crippen molar-refractivity contribution in [2.45, 2.75) is 62.6 Å². The number of thioether (sulfide) groups is 1. The first kappa shape index (κ1) is 23.2. The quantitative estimate of drug-likeness (QED) is 0.343. The number of thiophene rings is 1. The van der Waals surface area contributed by atoms with Gasteiger partial charge in [-0.25, -0.2) is 9.40 Å². The molecule has 0 N–H and O–H groups in total. The molecule has 9 heteroatoms. The first-order chi connectivity index (χ1) is 16.7. The van der Waals surface area contributed by atoms with Gasteiger partial charge in [-0.3, -0.25) is 4.79 Å². The van der Waals surface area contributed by atoms with Crippen LogP contribution in [-0.2, 0) is 11.2 Å². The number of hydrazone groups is 1. The molecule has 5 rings (SSSR count). The fourth-order valence-electron chi connectivity index (χ4n) is 4.67. The van der Waals surface area contributed by atoms with Crippen LogP contribution in [0.5, 0.6) is 0 Å². The van der Waals surface area contributed by atoms with E-state index < -0.39 is 0 Å². The molecule has 1 aliphatic carbocycles. The summed E-state index contributed by atoms with van der Waals surface area (Å²) in [6.45, 7) is 0. The van der Waals surface area contributed by atoms with Gasteiger partial charge in [0.25, 0.3) is 11.1 Å². The van der Waals surface area contributed by atoms with Crippen molar-refractivity contribution in [3.05, 3.63) is 63.9 Å². The van der Waals surface area contributed by atoms with Crippen LogP contribution in [-0.4, -0.2) is 32.6 Å². The van der Waals surface area contributed by atoms with Crippen molar-refractivity contribution in [2.75, 3.05) is 5.75 Å². The minimum atomic E-state index is -0.301. The molecule has 1 aliphatic heterocycles. The molecule has 0 bridgehead atoms. The third-order valence-electron chi connectivity index (χ3n) is 6.48. The highest BCUT2D eigenvalue weighted by molar-refractivity contribution is 7.99. The summed E-state index contributed by atoms with van der Waals surface area (Å²) in [6.07, 6.45) is 9.05. The standard InChI is InChI=1S/C25H27FN4O2S2/c26-19-11-9-18(10-12-19)21-15-20(22-7-4-14-33-22)29-30(21)24(31)16-34-25-28-27-23(32-25)13-8-17-5-2-1-3-6-17/h4,7,9-12,14,17,21H,1-3,5-6,8,13,15-16H2. The number of aromatic nitrogens is 2. The zero-order valence-electron chi connectivity index (χ0n) is 18.9. The third-order valence-corrected chi connectivity index (χ3v) is 8.21. The van der Waals surface area contributed by atoms with Crippen LogP contribution < -0.4 is 0 Å². The molecule has 0 saturated heterocycles. The predicted molar refractivity (Wildman–Crippen MR) is 131 cm³/mol. The summed E-state index contributed by atoms with van der Waals surface area (Å²) in [5.74, 6) is 1.10. The Morgan fingerprint density at radius 3 is 2.74 bits per heavy atom. The van der Waals surface area contributed by atoms with Gasteiger partial charge < -0.3 is 4.42 Å². The molecule has 1 atom stereocenters. The van der Waals surface area contributed by atoms with Gasteiger partial charge in [0.1, 0.15) is 5.82 Å². The fourth-order valence-corrected chi connectivity index (χ4v) is 6.02. The van der Waals surface area contributed by atoms with Crippen LogP contribution in [0.1, 0.15) is 67.3 Å². The van der Waals surface area contributed by atoms with Crippen LogP contribution >= 0.6 is 23.1 Å². The van der Waals surface area contributed by atoms with Gasteiger partial charge in [-0.1, -0.05) is 62.1 Å². The highest BCUT2D eigenvalue weighted by atomic mass is 32.2. The molecular weight excluding hydrogens is 471 g/mol. The monoisotopic (exact) mass is 498 g/mol. The summed E-state index contributed by atoms with van der Waals surface area (Å²) in [7, 11) is 0. The maximum Gasteiger partial charge on any atom is 0.277 e. The minimum absolute atomic E-state index is 0.142. The van der Waals surface area contributed by atoms with Gasteiger partial charge in [0, 0.05) is 12.8 Å². The van der Waals surface area contributed by atoms with Gasteiger partial charge in [-0.05, 0) is 41.5 Å². The molecule has 34 heavy (non-hydrogen) atoms. The molecule has 1 amide bonds. The summed E-state index contributed by atoms with van der Waals surface area (Å²) in [4.78, 5) is 14.2. The SMILES string of the molecule is O=C(CSc1nnc(CCC2CCCCC2)o1)N1N=C(c2cccs2)CC1c1ccc(F)cc1. The Hall–Kier alpha value is -2.52. The van der Waals surface area contributed by atoms with Gasteiger partial charge in [-0.2, -0.15) is 5.10 Å². The molecule has 1 unspecified atom stereocenters. The Morgan fingerprint density at radius 2 is 1.97 bits per heavy atom. The zero-order chi connectivity index (χ0) is 23.3. The van der Waals surface area contributed by atoms with Crippen molar-refractivity contribution >= 4 is 34.7 Å². The number of hydrogen-bond acceptors (Lipinski definition) is 7. The maximum atomic E-state index is 13.5. The normalized spacial score (nSPS) is 18.9. The topological polar surface area (TPSA) is 71.6 Å². The molecular formula is C25H27FN4O2S2. The van der Waals surface area contributed by atoms with Crippen molar-refractivity contribution in [1.82, 2.24) is 15.2 Å². The van der Waals surface area contributed by atoms with E-state index in [9.17, 15) is 9.18 Å². The summed E-state index contributed by atoms with van der Waals surface area (Å²) in [6, 6.07) is 9.98. The third kappa shape index (κ3) is 5.58. The van der Waals surface area contributed by atoms with Gasteiger partial charge >= 0.3 is 0 Å². The number of carbonyl (C=O) groups excluding carboxylic acids is 1. The summed E-state index contributed by atoms with van der Waals surface area (Å²) >= 11 is 2.83. The van der Waals surface area contributed by atoms with E-state index in [0.29, 0.717) is 17.5 Å². The Kier molecular flexibility index (Phi) is 7.39. The van der Waals surface area contributed by atoms with Gasteiger partial charge in [0.15, 0.2) is 0 Å². The molecule has 178 valence electrons. The van der Waals surface area contributed by atoms with Crippen LogP contribution in [0.2, 0.25) is 0 Å². The number of benzene rings is 1.